The first-order valence-corrected chi connectivity index (χ1v) is 4.61. The Morgan fingerprint density at radius 3 is 2.57 bits per heavy atom. The van der Waals surface area contributed by atoms with E-state index >= 15 is 0 Å². The Bertz CT molecular complexity index is 362. The van der Waals surface area contributed by atoms with E-state index < -0.39 is 0 Å². The maximum Gasteiger partial charge on any atom is 0.0770 e. The zero-order chi connectivity index (χ0) is 10.3. The molecule has 0 unspecified atom stereocenters. The highest BCUT2D eigenvalue weighted by Crippen LogP contribution is 2.33. The molecule has 5 heteroatoms. The van der Waals surface area contributed by atoms with Crippen LogP contribution in [0.1, 0.15) is 12.5 Å². The summed E-state index contributed by atoms with van der Waals surface area (Å²) < 4.78 is 0. The van der Waals surface area contributed by atoms with Crippen molar-refractivity contribution in [1.82, 2.24) is 5.01 Å². The minimum Gasteiger partial charge on any atom is -0.397 e. The SMILES string of the molecule is CCN1Cc2cc(N)c(N)cc2N1N. The molecule has 0 aromatic heterocycles. The van der Waals surface area contributed by atoms with Crippen LogP contribution in [0.5, 0.6) is 0 Å². The molecule has 0 radical (unpaired) electrons. The molecule has 0 fully saturated rings. The van der Waals surface area contributed by atoms with Crippen LogP contribution in [-0.2, 0) is 6.54 Å². The first-order chi connectivity index (χ1) is 6.63. The highest BCUT2D eigenvalue weighted by Gasteiger charge is 2.24. The van der Waals surface area contributed by atoms with Crippen molar-refractivity contribution < 1.29 is 0 Å². The van der Waals surface area contributed by atoms with Gasteiger partial charge in [-0.25, -0.2) is 16.0 Å². The minimum atomic E-state index is 0.581. The van der Waals surface area contributed by atoms with Gasteiger partial charge in [0.05, 0.1) is 17.1 Å². The third kappa shape index (κ3) is 1.18. The molecule has 0 amide bonds. The standard InChI is InChI=1S/C9H15N5/c1-2-13-5-6-3-7(10)8(11)4-9(6)14(13)12/h3-4H,2,5,10-12H2,1H3. The fourth-order valence-electron chi connectivity index (χ4n) is 1.70. The van der Waals surface area contributed by atoms with E-state index in [1.54, 1.807) is 5.12 Å². The van der Waals surface area contributed by atoms with Crippen LogP contribution in [0.4, 0.5) is 17.1 Å². The first kappa shape index (κ1) is 9.11. The van der Waals surface area contributed by atoms with Crippen molar-refractivity contribution in [1.29, 1.82) is 0 Å². The van der Waals surface area contributed by atoms with Crippen molar-refractivity contribution in [3.8, 4) is 0 Å². The van der Waals surface area contributed by atoms with Gasteiger partial charge in [0, 0.05) is 13.1 Å². The molecule has 6 N–H and O–H groups in total. The van der Waals surface area contributed by atoms with Gasteiger partial charge in [0.2, 0.25) is 0 Å². The predicted octanol–water partition coefficient (Wildman–Crippen LogP) is 0.282. The highest BCUT2D eigenvalue weighted by atomic mass is 15.8. The molecular weight excluding hydrogens is 178 g/mol. The highest BCUT2D eigenvalue weighted by molar-refractivity contribution is 5.73. The van der Waals surface area contributed by atoms with Gasteiger partial charge < -0.3 is 11.5 Å². The van der Waals surface area contributed by atoms with Crippen LogP contribution >= 0.6 is 0 Å². The van der Waals surface area contributed by atoms with Gasteiger partial charge >= 0.3 is 0 Å². The second-order valence-electron chi connectivity index (χ2n) is 3.44. The summed E-state index contributed by atoms with van der Waals surface area (Å²) in [5.41, 5.74) is 14.7. The monoisotopic (exact) mass is 193 g/mol. The third-order valence-electron chi connectivity index (χ3n) is 2.55. The Morgan fingerprint density at radius 1 is 1.29 bits per heavy atom. The molecule has 14 heavy (non-hydrogen) atoms. The normalized spacial score (nSPS) is 16.0. The second kappa shape index (κ2) is 3.04. The van der Waals surface area contributed by atoms with Gasteiger partial charge in [-0.05, 0) is 17.7 Å². The van der Waals surface area contributed by atoms with Gasteiger partial charge in [-0.15, -0.1) is 0 Å². The molecule has 1 heterocycles. The number of benzene rings is 1. The van der Waals surface area contributed by atoms with E-state index in [0.29, 0.717) is 11.4 Å². The molecule has 0 bridgehead atoms. The van der Waals surface area contributed by atoms with Gasteiger partial charge in [-0.1, -0.05) is 6.92 Å². The van der Waals surface area contributed by atoms with Gasteiger partial charge in [-0.3, -0.25) is 0 Å². The summed E-state index contributed by atoms with van der Waals surface area (Å²) in [6, 6.07) is 3.71. The number of anilines is 3. The Balaban J connectivity index is 2.44. The molecule has 0 atom stereocenters. The van der Waals surface area contributed by atoms with Crippen molar-refractivity contribution in [3.05, 3.63) is 17.7 Å². The zero-order valence-corrected chi connectivity index (χ0v) is 8.20. The molecule has 2 rings (SSSR count). The predicted molar refractivity (Wildman–Crippen MR) is 58.0 cm³/mol. The average Bonchev–Trinajstić information content (AvgIpc) is 2.45. The summed E-state index contributed by atoms with van der Waals surface area (Å²) in [5.74, 6) is 5.88. The van der Waals surface area contributed by atoms with E-state index in [-0.39, 0.29) is 0 Å². The number of rotatable bonds is 1. The molecule has 1 aliphatic rings. The Kier molecular flexibility index (Phi) is 1.98. The molecule has 5 nitrogen and oxygen atoms in total. The summed E-state index contributed by atoms with van der Waals surface area (Å²) in [6.45, 7) is 3.72. The van der Waals surface area contributed by atoms with Gasteiger partial charge in [0.25, 0.3) is 0 Å². The maximum absolute atomic E-state index is 5.88. The third-order valence-corrected chi connectivity index (χ3v) is 2.55. The van der Waals surface area contributed by atoms with Crippen LogP contribution in [0.15, 0.2) is 12.1 Å². The number of nitrogen functional groups attached to an aromatic ring is 2. The molecule has 0 aliphatic carbocycles. The molecule has 1 aromatic rings. The maximum atomic E-state index is 5.88. The fraction of sp³-hybridized carbons (Fsp3) is 0.333. The quantitative estimate of drug-likeness (QED) is 0.440. The number of nitrogens with zero attached hydrogens (tertiary/aromatic N) is 2. The Labute approximate surface area is 83.0 Å². The number of nitrogens with two attached hydrogens (primary N) is 3. The number of fused-ring (bicyclic) bond motifs is 1. The first-order valence-electron chi connectivity index (χ1n) is 4.61. The van der Waals surface area contributed by atoms with Gasteiger partial charge in [0.1, 0.15) is 0 Å². The van der Waals surface area contributed by atoms with E-state index in [9.17, 15) is 0 Å². The van der Waals surface area contributed by atoms with Crippen LogP contribution in [0.2, 0.25) is 0 Å². The molecule has 76 valence electrons. The number of hydrogen-bond donors (Lipinski definition) is 3. The van der Waals surface area contributed by atoms with E-state index in [1.807, 2.05) is 17.1 Å². The van der Waals surface area contributed by atoms with E-state index in [4.69, 9.17) is 17.3 Å². The average molecular weight is 193 g/mol. The summed E-state index contributed by atoms with van der Waals surface area (Å²) in [6.07, 6.45) is 0. The van der Waals surface area contributed by atoms with Gasteiger partial charge in [0.15, 0.2) is 0 Å². The summed E-state index contributed by atoms with van der Waals surface area (Å²) >= 11 is 0. The van der Waals surface area contributed by atoms with Crippen LogP contribution in [0.3, 0.4) is 0 Å². The van der Waals surface area contributed by atoms with Crippen molar-refractivity contribution in [2.45, 2.75) is 13.5 Å². The smallest absolute Gasteiger partial charge is 0.0770 e. The number of hydrogen-bond acceptors (Lipinski definition) is 5. The largest absolute Gasteiger partial charge is 0.397 e. The van der Waals surface area contributed by atoms with E-state index in [1.165, 1.54) is 0 Å². The van der Waals surface area contributed by atoms with Crippen molar-refractivity contribution >= 4 is 17.1 Å². The van der Waals surface area contributed by atoms with Crippen molar-refractivity contribution in [3.63, 3.8) is 0 Å². The molecule has 1 aliphatic heterocycles. The lowest BCUT2D eigenvalue weighted by Gasteiger charge is -2.23. The van der Waals surface area contributed by atoms with Crippen LogP contribution in [0, 0.1) is 0 Å². The molecule has 1 aromatic carbocycles. The molecule has 0 spiro atoms. The zero-order valence-electron chi connectivity index (χ0n) is 8.20. The molecule has 0 saturated heterocycles. The van der Waals surface area contributed by atoms with Gasteiger partial charge in [-0.2, -0.15) is 0 Å². The topological polar surface area (TPSA) is 84.5 Å². The molecule has 0 saturated carbocycles. The summed E-state index contributed by atoms with van der Waals surface area (Å²) in [5, 5.41) is 3.65. The number of hydrazine groups is 2. The summed E-state index contributed by atoms with van der Waals surface area (Å²) in [7, 11) is 0. The van der Waals surface area contributed by atoms with E-state index in [0.717, 1.165) is 24.3 Å². The Hall–Kier alpha value is -1.46. The lowest BCUT2D eigenvalue weighted by Crippen LogP contribution is -2.42. The van der Waals surface area contributed by atoms with Crippen LogP contribution < -0.4 is 22.4 Å². The lowest BCUT2D eigenvalue weighted by atomic mass is 10.1. The summed E-state index contributed by atoms with van der Waals surface area (Å²) in [4.78, 5) is 0. The fourth-order valence-corrected chi connectivity index (χ4v) is 1.70. The Morgan fingerprint density at radius 2 is 1.93 bits per heavy atom. The van der Waals surface area contributed by atoms with Crippen molar-refractivity contribution in [2.24, 2.45) is 5.84 Å². The minimum absolute atomic E-state index is 0.581. The second-order valence-corrected chi connectivity index (χ2v) is 3.44. The van der Waals surface area contributed by atoms with Crippen LogP contribution in [0.25, 0.3) is 0 Å². The van der Waals surface area contributed by atoms with Crippen LogP contribution in [-0.4, -0.2) is 11.6 Å². The lowest BCUT2D eigenvalue weighted by molar-refractivity contribution is 0.279. The van der Waals surface area contributed by atoms with E-state index in [2.05, 4.69) is 6.92 Å². The van der Waals surface area contributed by atoms with Crippen molar-refractivity contribution in [2.75, 3.05) is 23.1 Å². The molecular formula is C9H15N5.